The van der Waals surface area contributed by atoms with Gasteiger partial charge in [-0.3, -0.25) is 0 Å². The number of hydrogen-bond donors (Lipinski definition) is 0. The van der Waals surface area contributed by atoms with Gasteiger partial charge in [-0.1, -0.05) is 13.0 Å². The molecule has 0 aliphatic carbocycles. The fraction of sp³-hybridized carbons (Fsp3) is 0.400. The number of aryl methyl sites for hydroxylation is 1. The first-order valence-electron chi connectivity index (χ1n) is 4.34. The van der Waals surface area contributed by atoms with E-state index in [0.717, 1.165) is 13.2 Å². The van der Waals surface area contributed by atoms with Crippen molar-refractivity contribution >= 4 is 0 Å². The van der Waals surface area contributed by atoms with E-state index in [2.05, 4.69) is 4.74 Å². The number of ether oxygens (including phenoxy) is 1. The fourth-order valence-electron chi connectivity index (χ4n) is 1.31. The average Bonchev–Trinajstić information content (AvgIpc) is 2.15. The summed E-state index contributed by atoms with van der Waals surface area (Å²) in [6, 6.07) is 2.42. The third kappa shape index (κ3) is 2.22. The fourth-order valence-corrected chi connectivity index (χ4v) is 1.31. The first-order valence-corrected chi connectivity index (χ1v) is 4.34. The Labute approximate surface area is 84.7 Å². The van der Waals surface area contributed by atoms with Crippen molar-refractivity contribution in [3.05, 3.63) is 29.1 Å². The predicted molar refractivity (Wildman–Crippen MR) is 47.3 cm³/mol. The van der Waals surface area contributed by atoms with Crippen molar-refractivity contribution in [1.29, 1.82) is 0 Å². The molecule has 84 valence electrons. The number of benzene rings is 1. The minimum Gasteiger partial charge on any atom is -0.496 e. The number of alkyl halides is 3. The van der Waals surface area contributed by atoms with Crippen LogP contribution in [0.3, 0.4) is 0 Å². The van der Waals surface area contributed by atoms with Gasteiger partial charge in [0.15, 0.2) is 0 Å². The van der Waals surface area contributed by atoms with Gasteiger partial charge in [0.2, 0.25) is 0 Å². The van der Waals surface area contributed by atoms with Gasteiger partial charge >= 0.3 is 6.18 Å². The van der Waals surface area contributed by atoms with E-state index >= 15 is 0 Å². The molecule has 1 aromatic carbocycles. The van der Waals surface area contributed by atoms with E-state index in [9.17, 15) is 17.6 Å². The minimum absolute atomic E-state index is 0.0307. The maximum atomic E-state index is 13.4. The van der Waals surface area contributed by atoms with Gasteiger partial charge in [0.05, 0.1) is 7.11 Å². The standard InChI is InChI=1S/C10H10F4O/c1-3-6-4-5-7(15-2)8(9(6)11)10(12,13)14/h4-5H,3H2,1-2H3. The normalized spacial score (nSPS) is 11.6. The van der Waals surface area contributed by atoms with Crippen LogP contribution >= 0.6 is 0 Å². The SMILES string of the molecule is CCc1ccc(OC)c(C(F)(F)F)c1F. The predicted octanol–water partition coefficient (Wildman–Crippen LogP) is 3.42. The molecule has 0 aromatic heterocycles. The number of rotatable bonds is 2. The molecule has 1 rings (SSSR count). The van der Waals surface area contributed by atoms with E-state index in [0.29, 0.717) is 0 Å². The second-order valence-corrected chi connectivity index (χ2v) is 2.97. The summed E-state index contributed by atoms with van der Waals surface area (Å²) in [5, 5.41) is 0. The maximum absolute atomic E-state index is 13.4. The highest BCUT2D eigenvalue weighted by molar-refractivity contribution is 5.40. The topological polar surface area (TPSA) is 9.23 Å². The lowest BCUT2D eigenvalue weighted by Crippen LogP contribution is -2.12. The van der Waals surface area contributed by atoms with Crippen molar-refractivity contribution in [2.24, 2.45) is 0 Å². The molecule has 0 aliphatic heterocycles. The molecule has 0 amide bonds. The zero-order valence-corrected chi connectivity index (χ0v) is 8.28. The summed E-state index contributed by atoms with van der Waals surface area (Å²) in [5.74, 6) is -1.73. The zero-order chi connectivity index (χ0) is 11.6. The van der Waals surface area contributed by atoms with Crippen molar-refractivity contribution in [2.75, 3.05) is 7.11 Å². The van der Waals surface area contributed by atoms with Gasteiger partial charge in [0.25, 0.3) is 0 Å². The smallest absolute Gasteiger partial charge is 0.422 e. The molecular weight excluding hydrogens is 212 g/mol. The summed E-state index contributed by atoms with van der Waals surface area (Å²) in [6.45, 7) is 1.59. The van der Waals surface area contributed by atoms with Crippen molar-refractivity contribution in [2.45, 2.75) is 19.5 Å². The number of methoxy groups -OCH3 is 1. The maximum Gasteiger partial charge on any atom is 0.422 e. The largest absolute Gasteiger partial charge is 0.496 e. The van der Waals surface area contributed by atoms with Crippen LogP contribution in [0.2, 0.25) is 0 Å². The molecule has 0 unspecified atom stereocenters. The molecule has 5 heteroatoms. The minimum atomic E-state index is -4.74. The molecule has 0 heterocycles. The number of halogens is 4. The second-order valence-electron chi connectivity index (χ2n) is 2.97. The van der Waals surface area contributed by atoms with Gasteiger partial charge in [0, 0.05) is 0 Å². The molecule has 0 atom stereocenters. The van der Waals surface area contributed by atoms with Crippen LogP contribution in [0.1, 0.15) is 18.1 Å². The molecule has 1 aromatic rings. The van der Waals surface area contributed by atoms with E-state index in [1.807, 2.05) is 0 Å². The highest BCUT2D eigenvalue weighted by Crippen LogP contribution is 2.39. The van der Waals surface area contributed by atoms with Gasteiger partial charge in [0.1, 0.15) is 17.1 Å². The van der Waals surface area contributed by atoms with Gasteiger partial charge < -0.3 is 4.74 Å². The third-order valence-corrected chi connectivity index (χ3v) is 2.07. The second kappa shape index (κ2) is 4.08. The van der Waals surface area contributed by atoms with Crippen molar-refractivity contribution < 1.29 is 22.3 Å². The molecule has 0 saturated carbocycles. The Morgan fingerprint density at radius 1 is 1.27 bits per heavy atom. The first-order chi connectivity index (χ1) is 6.91. The summed E-state index contributed by atoms with van der Waals surface area (Å²) in [7, 11) is 1.08. The Bertz CT molecular complexity index is 357. The quantitative estimate of drug-likeness (QED) is 0.696. The van der Waals surface area contributed by atoms with Crippen LogP contribution in [0.15, 0.2) is 12.1 Å². The lowest BCUT2D eigenvalue weighted by molar-refractivity contribution is -0.141. The molecule has 0 bridgehead atoms. The highest BCUT2D eigenvalue weighted by Gasteiger charge is 2.38. The monoisotopic (exact) mass is 222 g/mol. The van der Waals surface area contributed by atoms with Gasteiger partial charge in [-0.25, -0.2) is 4.39 Å². The van der Waals surface area contributed by atoms with Gasteiger partial charge in [-0.05, 0) is 18.1 Å². The summed E-state index contributed by atoms with van der Waals surface area (Å²) < 4.78 is 55.4. The van der Waals surface area contributed by atoms with Crippen LogP contribution in [0.25, 0.3) is 0 Å². The summed E-state index contributed by atoms with van der Waals surface area (Å²) in [6.07, 6.45) is -4.53. The molecule has 0 saturated heterocycles. The molecule has 1 nitrogen and oxygen atoms in total. The van der Waals surface area contributed by atoms with Crippen LogP contribution in [0.5, 0.6) is 5.75 Å². The molecule has 0 aliphatic rings. The Hall–Kier alpha value is -1.26. The summed E-state index contributed by atoms with van der Waals surface area (Å²) >= 11 is 0. The van der Waals surface area contributed by atoms with Crippen molar-refractivity contribution in [3.8, 4) is 5.75 Å². The van der Waals surface area contributed by atoms with E-state index in [1.54, 1.807) is 6.92 Å². The summed E-state index contributed by atoms with van der Waals surface area (Å²) in [4.78, 5) is 0. The van der Waals surface area contributed by atoms with E-state index in [1.165, 1.54) is 6.07 Å². The van der Waals surface area contributed by atoms with Crippen LogP contribution in [-0.4, -0.2) is 7.11 Å². The Morgan fingerprint density at radius 3 is 2.27 bits per heavy atom. The zero-order valence-electron chi connectivity index (χ0n) is 8.28. The summed E-state index contributed by atoms with van der Waals surface area (Å²) in [5.41, 5.74) is -1.30. The lowest BCUT2D eigenvalue weighted by Gasteiger charge is -2.14. The number of hydrogen-bond acceptors (Lipinski definition) is 1. The highest BCUT2D eigenvalue weighted by atomic mass is 19.4. The molecule has 0 spiro atoms. The Kier molecular flexibility index (Phi) is 3.21. The molecular formula is C10H10F4O. The molecule has 15 heavy (non-hydrogen) atoms. The van der Waals surface area contributed by atoms with Crippen molar-refractivity contribution in [3.63, 3.8) is 0 Å². The van der Waals surface area contributed by atoms with Crippen molar-refractivity contribution in [1.82, 2.24) is 0 Å². The lowest BCUT2D eigenvalue weighted by atomic mass is 10.1. The van der Waals surface area contributed by atoms with E-state index in [4.69, 9.17) is 0 Å². The van der Waals surface area contributed by atoms with Gasteiger partial charge in [-0.2, -0.15) is 13.2 Å². The van der Waals surface area contributed by atoms with E-state index in [-0.39, 0.29) is 12.0 Å². The molecule has 0 N–H and O–H groups in total. The molecule has 0 fully saturated rings. The Morgan fingerprint density at radius 2 is 1.87 bits per heavy atom. The third-order valence-electron chi connectivity index (χ3n) is 2.07. The average molecular weight is 222 g/mol. The Balaban J connectivity index is 3.43. The molecule has 0 radical (unpaired) electrons. The van der Waals surface area contributed by atoms with Crippen LogP contribution < -0.4 is 4.74 Å². The first kappa shape index (κ1) is 11.8. The van der Waals surface area contributed by atoms with Crippen LogP contribution in [-0.2, 0) is 12.6 Å². The van der Waals surface area contributed by atoms with E-state index < -0.39 is 23.3 Å². The van der Waals surface area contributed by atoms with Crippen LogP contribution in [0, 0.1) is 5.82 Å². The van der Waals surface area contributed by atoms with Crippen LogP contribution in [0.4, 0.5) is 17.6 Å². The van der Waals surface area contributed by atoms with Gasteiger partial charge in [-0.15, -0.1) is 0 Å².